The fourth-order valence-electron chi connectivity index (χ4n) is 6.53. The second-order valence-electron chi connectivity index (χ2n) is 11.6. The number of nitrogens with two attached hydrogens (primary N) is 1. The van der Waals surface area contributed by atoms with Crippen molar-refractivity contribution < 1.29 is 9.53 Å². The quantitative estimate of drug-likeness (QED) is 0.244. The molecule has 5 heteroatoms. The van der Waals surface area contributed by atoms with Crippen LogP contribution in [-0.4, -0.2) is 32.7 Å². The van der Waals surface area contributed by atoms with E-state index in [1.165, 1.54) is 44.9 Å². The summed E-state index contributed by atoms with van der Waals surface area (Å²) in [6.07, 6.45) is 11.3. The number of anilines is 3. The fraction of sp³-hybridized carbons (Fsp3) is 0.767. The highest BCUT2D eigenvalue weighted by molar-refractivity contribution is 5.77. The number of hydrogen-bond acceptors (Lipinski definition) is 5. The Kier molecular flexibility index (Phi) is 10.2. The summed E-state index contributed by atoms with van der Waals surface area (Å²) in [5, 5.41) is 3.50. The molecule has 0 radical (unpaired) electrons. The van der Waals surface area contributed by atoms with E-state index >= 15 is 0 Å². The zero-order valence-corrected chi connectivity index (χ0v) is 23.1. The third-order valence-corrected chi connectivity index (χ3v) is 9.46. The highest BCUT2D eigenvalue weighted by atomic mass is 16.5. The lowest BCUT2D eigenvalue weighted by molar-refractivity contribution is -0.155. The van der Waals surface area contributed by atoms with Crippen LogP contribution in [-0.2, 0) is 9.53 Å². The number of ether oxygens (including phenoxy) is 1. The standard InChI is InChI=1S/C30H51N3O2/c1-6-7-11-22(2)23(3)24(4)25-14-19-33(21-25)26-12-13-28(27(31)20-26)32-18-17-30(29(34)35-5)15-9-8-10-16-30/h12-13,20,22-25,32H,6-11,14-19,21,31H2,1-5H3. The number of methoxy groups -OCH3 is 1. The predicted molar refractivity (Wildman–Crippen MR) is 149 cm³/mol. The first-order valence-corrected chi connectivity index (χ1v) is 14.3. The van der Waals surface area contributed by atoms with E-state index in [2.05, 4.69) is 56.1 Å². The molecule has 0 aromatic heterocycles. The first-order chi connectivity index (χ1) is 16.8. The highest BCUT2D eigenvalue weighted by Crippen LogP contribution is 2.41. The minimum absolute atomic E-state index is 0.0470. The summed E-state index contributed by atoms with van der Waals surface area (Å²) in [6.45, 7) is 12.6. The van der Waals surface area contributed by atoms with Crippen molar-refractivity contribution >= 4 is 23.0 Å². The zero-order chi connectivity index (χ0) is 25.4. The van der Waals surface area contributed by atoms with E-state index in [4.69, 9.17) is 10.5 Å². The van der Waals surface area contributed by atoms with Crippen molar-refractivity contribution in [3.8, 4) is 0 Å². The van der Waals surface area contributed by atoms with Gasteiger partial charge >= 0.3 is 5.97 Å². The third kappa shape index (κ3) is 6.86. The largest absolute Gasteiger partial charge is 0.469 e. The molecular weight excluding hydrogens is 434 g/mol. The molecule has 1 heterocycles. The number of benzene rings is 1. The number of carbonyl (C=O) groups excluding carboxylic acids is 1. The Hall–Kier alpha value is -1.91. The van der Waals surface area contributed by atoms with E-state index in [1.54, 1.807) is 0 Å². The Bertz CT molecular complexity index is 805. The van der Waals surface area contributed by atoms with Gasteiger partial charge in [-0.1, -0.05) is 66.2 Å². The van der Waals surface area contributed by atoms with E-state index < -0.39 is 0 Å². The second kappa shape index (κ2) is 12.9. The van der Waals surface area contributed by atoms with Crippen molar-refractivity contribution in [2.45, 2.75) is 91.9 Å². The van der Waals surface area contributed by atoms with Gasteiger partial charge in [-0.25, -0.2) is 0 Å². The van der Waals surface area contributed by atoms with Crippen LogP contribution in [0.5, 0.6) is 0 Å². The van der Waals surface area contributed by atoms with E-state index in [0.29, 0.717) is 0 Å². The summed E-state index contributed by atoms with van der Waals surface area (Å²) in [5.41, 5.74) is 9.13. The molecule has 0 spiro atoms. The minimum Gasteiger partial charge on any atom is -0.469 e. The van der Waals surface area contributed by atoms with Crippen LogP contribution in [0.2, 0.25) is 0 Å². The van der Waals surface area contributed by atoms with Crippen molar-refractivity contribution in [2.75, 3.05) is 42.7 Å². The van der Waals surface area contributed by atoms with Crippen molar-refractivity contribution in [1.29, 1.82) is 0 Å². The van der Waals surface area contributed by atoms with Gasteiger partial charge in [0.2, 0.25) is 0 Å². The lowest BCUT2D eigenvalue weighted by atomic mass is 9.72. The summed E-state index contributed by atoms with van der Waals surface area (Å²) in [7, 11) is 1.51. The summed E-state index contributed by atoms with van der Waals surface area (Å²) >= 11 is 0. The summed E-state index contributed by atoms with van der Waals surface area (Å²) < 4.78 is 5.17. The van der Waals surface area contributed by atoms with Crippen LogP contribution in [0.4, 0.5) is 17.1 Å². The van der Waals surface area contributed by atoms with Crippen molar-refractivity contribution in [3.05, 3.63) is 18.2 Å². The number of nitrogens with one attached hydrogen (secondary N) is 1. The van der Waals surface area contributed by atoms with Gasteiger partial charge in [0, 0.05) is 25.3 Å². The van der Waals surface area contributed by atoms with Crippen LogP contribution in [0.25, 0.3) is 0 Å². The number of rotatable bonds is 12. The first kappa shape index (κ1) is 27.7. The lowest BCUT2D eigenvalue weighted by Crippen LogP contribution is -2.36. The monoisotopic (exact) mass is 485 g/mol. The van der Waals surface area contributed by atoms with Gasteiger partial charge < -0.3 is 20.7 Å². The lowest BCUT2D eigenvalue weighted by Gasteiger charge is -2.34. The molecule has 5 nitrogen and oxygen atoms in total. The molecule has 1 saturated heterocycles. The van der Waals surface area contributed by atoms with Crippen LogP contribution in [0.1, 0.15) is 91.9 Å². The van der Waals surface area contributed by atoms with Gasteiger partial charge in [0.05, 0.1) is 23.9 Å². The summed E-state index contributed by atoms with van der Waals surface area (Å²) in [4.78, 5) is 15.0. The van der Waals surface area contributed by atoms with E-state index in [1.807, 2.05) is 0 Å². The Labute approximate surface area is 214 Å². The summed E-state index contributed by atoms with van der Waals surface area (Å²) in [6, 6.07) is 6.44. The molecule has 1 aliphatic carbocycles. The maximum Gasteiger partial charge on any atom is 0.311 e. The van der Waals surface area contributed by atoms with Crippen LogP contribution >= 0.6 is 0 Å². The van der Waals surface area contributed by atoms with Crippen molar-refractivity contribution in [2.24, 2.45) is 29.1 Å². The minimum atomic E-state index is -0.332. The van der Waals surface area contributed by atoms with Gasteiger partial charge in [-0.3, -0.25) is 4.79 Å². The van der Waals surface area contributed by atoms with Gasteiger partial charge in [-0.15, -0.1) is 0 Å². The molecular formula is C30H51N3O2. The van der Waals surface area contributed by atoms with E-state index in [9.17, 15) is 4.79 Å². The SMILES string of the molecule is CCCCC(C)C(C)C(C)C1CCN(c2ccc(NCCC3(C(=O)OC)CCCCC3)c(N)c2)C1. The van der Waals surface area contributed by atoms with Gasteiger partial charge in [-0.05, 0) is 67.6 Å². The van der Waals surface area contributed by atoms with E-state index in [-0.39, 0.29) is 11.4 Å². The Morgan fingerprint density at radius 3 is 2.63 bits per heavy atom. The molecule has 4 atom stereocenters. The average molecular weight is 486 g/mol. The number of nitrogens with zero attached hydrogens (tertiary/aromatic N) is 1. The van der Waals surface area contributed by atoms with Crippen LogP contribution < -0.4 is 16.0 Å². The maximum atomic E-state index is 12.5. The normalized spacial score (nSPS) is 22.4. The second-order valence-corrected chi connectivity index (χ2v) is 11.6. The molecule has 3 rings (SSSR count). The Morgan fingerprint density at radius 2 is 1.97 bits per heavy atom. The number of hydrogen-bond donors (Lipinski definition) is 2. The van der Waals surface area contributed by atoms with Gasteiger partial charge in [0.15, 0.2) is 0 Å². The smallest absolute Gasteiger partial charge is 0.311 e. The molecule has 0 bridgehead atoms. The van der Waals surface area contributed by atoms with Crippen molar-refractivity contribution in [1.82, 2.24) is 0 Å². The molecule has 4 unspecified atom stereocenters. The van der Waals surface area contributed by atoms with Gasteiger partial charge in [-0.2, -0.15) is 0 Å². The maximum absolute atomic E-state index is 12.5. The number of nitrogen functional groups attached to an aromatic ring is 1. The fourth-order valence-corrected chi connectivity index (χ4v) is 6.53. The molecule has 2 aliphatic rings. The number of unbranched alkanes of at least 4 members (excludes halogenated alkanes) is 1. The topological polar surface area (TPSA) is 67.6 Å². The summed E-state index contributed by atoms with van der Waals surface area (Å²) in [5.74, 6) is 3.01. The molecule has 1 saturated carbocycles. The predicted octanol–water partition coefficient (Wildman–Crippen LogP) is 7.12. The molecule has 198 valence electrons. The zero-order valence-electron chi connectivity index (χ0n) is 23.1. The first-order valence-electron chi connectivity index (χ1n) is 14.3. The third-order valence-electron chi connectivity index (χ3n) is 9.46. The molecule has 1 aliphatic heterocycles. The molecule has 0 amide bonds. The molecule has 35 heavy (non-hydrogen) atoms. The molecule has 3 N–H and O–H groups in total. The average Bonchev–Trinajstić information content (AvgIpc) is 3.37. The highest BCUT2D eigenvalue weighted by Gasteiger charge is 2.40. The molecule has 2 fully saturated rings. The van der Waals surface area contributed by atoms with Crippen LogP contribution in [0, 0.1) is 29.1 Å². The Morgan fingerprint density at radius 1 is 1.23 bits per heavy atom. The Balaban J connectivity index is 1.54. The van der Waals surface area contributed by atoms with Crippen LogP contribution in [0.15, 0.2) is 18.2 Å². The number of carbonyl (C=O) groups is 1. The van der Waals surface area contributed by atoms with Crippen molar-refractivity contribution in [3.63, 3.8) is 0 Å². The molecule has 1 aromatic carbocycles. The van der Waals surface area contributed by atoms with Gasteiger partial charge in [0.1, 0.15) is 0 Å². The van der Waals surface area contributed by atoms with Gasteiger partial charge in [0.25, 0.3) is 0 Å². The number of esters is 1. The van der Waals surface area contributed by atoms with E-state index in [0.717, 1.165) is 86.8 Å². The molecule has 1 aromatic rings. The van der Waals surface area contributed by atoms with Crippen LogP contribution in [0.3, 0.4) is 0 Å².